The van der Waals surface area contributed by atoms with E-state index in [1.54, 1.807) is 12.1 Å². The lowest BCUT2D eigenvalue weighted by Gasteiger charge is -2.30. The molecule has 5 nitrogen and oxygen atoms in total. The molecule has 0 amide bonds. The largest absolute Gasteiger partial charge is 0.495 e. The summed E-state index contributed by atoms with van der Waals surface area (Å²) in [7, 11) is -2.05. The van der Waals surface area contributed by atoms with Crippen LogP contribution >= 0.6 is 0 Å². The van der Waals surface area contributed by atoms with E-state index in [2.05, 4.69) is 0 Å². The first-order chi connectivity index (χ1) is 8.95. The van der Waals surface area contributed by atoms with Gasteiger partial charge in [0, 0.05) is 13.1 Å². The zero-order valence-corrected chi connectivity index (χ0v) is 12.2. The fraction of sp³-hybridized carbons (Fsp3) is 0.538. The number of ether oxygens (including phenoxy) is 2. The number of hydrogen-bond donors (Lipinski definition) is 0. The smallest absolute Gasteiger partial charge is 0.246 e. The second kappa shape index (κ2) is 5.48. The van der Waals surface area contributed by atoms with E-state index in [0.29, 0.717) is 25.4 Å². The van der Waals surface area contributed by atoms with Gasteiger partial charge in [0.25, 0.3) is 0 Å². The van der Waals surface area contributed by atoms with Crippen molar-refractivity contribution in [3.8, 4) is 5.75 Å². The Hall–Kier alpha value is -1.11. The summed E-state index contributed by atoms with van der Waals surface area (Å²) >= 11 is 0. The van der Waals surface area contributed by atoms with Gasteiger partial charge in [0.2, 0.25) is 10.0 Å². The molecule has 19 heavy (non-hydrogen) atoms. The average molecular weight is 285 g/mol. The number of sulfonamides is 1. The second-order valence-electron chi connectivity index (χ2n) is 4.70. The Morgan fingerprint density at radius 2 is 2.16 bits per heavy atom. The Bertz CT molecular complexity index is 556. The lowest BCUT2D eigenvalue weighted by atomic mass is 10.2. The van der Waals surface area contributed by atoms with Gasteiger partial charge in [0.05, 0.1) is 19.8 Å². The van der Waals surface area contributed by atoms with E-state index in [1.807, 2.05) is 19.9 Å². The third kappa shape index (κ3) is 2.91. The molecule has 106 valence electrons. The van der Waals surface area contributed by atoms with E-state index >= 15 is 0 Å². The molecule has 0 aliphatic carbocycles. The molecule has 0 radical (unpaired) electrons. The van der Waals surface area contributed by atoms with Gasteiger partial charge in [-0.1, -0.05) is 6.07 Å². The zero-order valence-electron chi connectivity index (χ0n) is 11.4. The first-order valence-corrected chi connectivity index (χ1v) is 7.65. The van der Waals surface area contributed by atoms with Crippen LogP contribution in [0.4, 0.5) is 0 Å². The maximum Gasteiger partial charge on any atom is 0.246 e. The Balaban J connectivity index is 2.41. The third-order valence-corrected chi connectivity index (χ3v) is 5.03. The molecule has 1 aromatic rings. The van der Waals surface area contributed by atoms with Gasteiger partial charge in [-0.05, 0) is 31.5 Å². The maximum absolute atomic E-state index is 12.7. The molecule has 1 aliphatic rings. The lowest BCUT2D eigenvalue weighted by Crippen LogP contribution is -2.44. The van der Waals surface area contributed by atoms with Crippen LogP contribution < -0.4 is 4.74 Å². The number of aryl methyl sites for hydroxylation is 1. The lowest BCUT2D eigenvalue weighted by molar-refractivity contribution is 0.0101. The van der Waals surface area contributed by atoms with Crippen LogP contribution in [0.25, 0.3) is 0 Å². The van der Waals surface area contributed by atoms with Crippen LogP contribution in [-0.2, 0) is 14.8 Å². The Labute approximate surface area is 114 Å². The Kier molecular flexibility index (Phi) is 4.13. The van der Waals surface area contributed by atoms with Crippen molar-refractivity contribution in [2.24, 2.45) is 0 Å². The minimum Gasteiger partial charge on any atom is -0.495 e. The maximum atomic E-state index is 12.7. The number of benzene rings is 1. The normalized spacial score (nSPS) is 21.3. The van der Waals surface area contributed by atoms with Crippen molar-refractivity contribution in [2.45, 2.75) is 24.8 Å². The minimum atomic E-state index is -3.53. The molecule has 2 rings (SSSR count). The van der Waals surface area contributed by atoms with Gasteiger partial charge >= 0.3 is 0 Å². The molecule has 1 aromatic carbocycles. The van der Waals surface area contributed by atoms with E-state index in [4.69, 9.17) is 9.47 Å². The van der Waals surface area contributed by atoms with E-state index < -0.39 is 10.0 Å². The number of hydrogen-bond acceptors (Lipinski definition) is 4. The molecule has 1 saturated heterocycles. The molecule has 0 saturated carbocycles. The predicted molar refractivity (Wildman–Crippen MR) is 71.9 cm³/mol. The van der Waals surface area contributed by atoms with E-state index in [1.165, 1.54) is 11.4 Å². The zero-order chi connectivity index (χ0) is 14.0. The molecule has 0 N–H and O–H groups in total. The minimum absolute atomic E-state index is 0.0840. The van der Waals surface area contributed by atoms with Crippen LogP contribution in [0.2, 0.25) is 0 Å². The predicted octanol–water partition coefficient (Wildman–Crippen LogP) is 1.41. The summed E-state index contributed by atoms with van der Waals surface area (Å²) in [6.07, 6.45) is -0.0840. The van der Waals surface area contributed by atoms with Crippen molar-refractivity contribution >= 4 is 10.0 Å². The first kappa shape index (κ1) is 14.3. The summed E-state index contributed by atoms with van der Waals surface area (Å²) in [5.74, 6) is 0.379. The van der Waals surface area contributed by atoms with Crippen molar-refractivity contribution in [1.82, 2.24) is 4.31 Å². The quantitative estimate of drug-likeness (QED) is 0.842. The van der Waals surface area contributed by atoms with Gasteiger partial charge in [0.15, 0.2) is 0 Å². The molecule has 0 spiro atoms. The van der Waals surface area contributed by atoms with Gasteiger partial charge in [-0.25, -0.2) is 8.42 Å². The number of rotatable bonds is 3. The number of morpholine rings is 1. The summed E-state index contributed by atoms with van der Waals surface area (Å²) in [5.41, 5.74) is 0.890. The van der Waals surface area contributed by atoms with E-state index in [0.717, 1.165) is 5.56 Å². The molecule has 0 aromatic heterocycles. The van der Waals surface area contributed by atoms with Crippen molar-refractivity contribution < 1.29 is 17.9 Å². The summed E-state index contributed by atoms with van der Waals surface area (Å²) in [6, 6.07) is 5.17. The van der Waals surface area contributed by atoms with Gasteiger partial charge in [-0.3, -0.25) is 0 Å². The van der Waals surface area contributed by atoms with Crippen LogP contribution in [0.1, 0.15) is 12.5 Å². The molecule has 1 unspecified atom stereocenters. The van der Waals surface area contributed by atoms with Gasteiger partial charge in [-0.2, -0.15) is 4.31 Å². The highest BCUT2D eigenvalue weighted by atomic mass is 32.2. The van der Waals surface area contributed by atoms with Crippen LogP contribution in [-0.4, -0.2) is 45.6 Å². The standard InChI is InChI=1S/C13H19NO4S/c1-10-4-5-12(17-3)13(8-10)19(15,16)14-6-7-18-11(2)9-14/h4-5,8,11H,6-7,9H2,1-3H3. The molecule has 1 fully saturated rings. The average Bonchev–Trinajstić information content (AvgIpc) is 2.38. The molecule has 1 aliphatic heterocycles. The number of nitrogens with zero attached hydrogens (tertiary/aromatic N) is 1. The van der Waals surface area contributed by atoms with Gasteiger partial charge < -0.3 is 9.47 Å². The third-order valence-electron chi connectivity index (χ3n) is 3.14. The Morgan fingerprint density at radius 1 is 1.42 bits per heavy atom. The first-order valence-electron chi connectivity index (χ1n) is 6.21. The summed E-state index contributed by atoms with van der Waals surface area (Å²) in [4.78, 5) is 0.226. The molecule has 0 bridgehead atoms. The van der Waals surface area contributed by atoms with Crippen LogP contribution in [0, 0.1) is 6.92 Å². The topological polar surface area (TPSA) is 55.8 Å². The van der Waals surface area contributed by atoms with E-state index in [9.17, 15) is 8.42 Å². The fourth-order valence-corrected chi connectivity index (χ4v) is 3.87. The van der Waals surface area contributed by atoms with Crippen molar-refractivity contribution in [2.75, 3.05) is 26.8 Å². The molecule has 6 heteroatoms. The highest BCUT2D eigenvalue weighted by molar-refractivity contribution is 7.89. The van der Waals surface area contributed by atoms with Gasteiger partial charge in [0.1, 0.15) is 10.6 Å². The molecular formula is C13H19NO4S. The van der Waals surface area contributed by atoms with Crippen molar-refractivity contribution in [3.63, 3.8) is 0 Å². The number of methoxy groups -OCH3 is 1. The SMILES string of the molecule is COc1ccc(C)cc1S(=O)(=O)N1CCOC(C)C1. The summed E-state index contributed by atoms with van der Waals surface area (Å²) in [6.45, 7) is 4.91. The highest BCUT2D eigenvalue weighted by Gasteiger charge is 2.31. The van der Waals surface area contributed by atoms with E-state index in [-0.39, 0.29) is 11.0 Å². The molecular weight excluding hydrogens is 266 g/mol. The van der Waals surface area contributed by atoms with Crippen molar-refractivity contribution in [1.29, 1.82) is 0 Å². The monoisotopic (exact) mass is 285 g/mol. The second-order valence-corrected chi connectivity index (χ2v) is 6.61. The van der Waals surface area contributed by atoms with Crippen LogP contribution in [0.5, 0.6) is 5.75 Å². The van der Waals surface area contributed by atoms with Crippen molar-refractivity contribution in [3.05, 3.63) is 23.8 Å². The molecule has 1 atom stereocenters. The molecule has 1 heterocycles. The van der Waals surface area contributed by atoms with Crippen LogP contribution in [0.3, 0.4) is 0 Å². The summed E-state index contributed by atoms with van der Waals surface area (Å²) < 4.78 is 37.3. The Morgan fingerprint density at radius 3 is 2.79 bits per heavy atom. The fourth-order valence-electron chi connectivity index (χ4n) is 2.13. The summed E-state index contributed by atoms with van der Waals surface area (Å²) in [5, 5.41) is 0. The van der Waals surface area contributed by atoms with Gasteiger partial charge in [-0.15, -0.1) is 0 Å². The van der Waals surface area contributed by atoms with Crippen LogP contribution in [0.15, 0.2) is 23.1 Å². The highest BCUT2D eigenvalue weighted by Crippen LogP contribution is 2.28.